The zero-order valence-corrected chi connectivity index (χ0v) is 12.7. The molecule has 0 saturated heterocycles. The van der Waals surface area contributed by atoms with Gasteiger partial charge in [-0.05, 0) is 24.3 Å². The summed E-state index contributed by atoms with van der Waals surface area (Å²) in [7, 11) is 0. The fraction of sp³-hybridized carbons (Fsp3) is 0. The van der Waals surface area contributed by atoms with Crippen LogP contribution in [-0.2, 0) is 0 Å². The molecule has 0 amide bonds. The number of hydrogen-bond donors (Lipinski definition) is 2. The number of anilines is 1. The second kappa shape index (κ2) is 6.17. The Bertz CT molecular complexity index is 853. The summed E-state index contributed by atoms with van der Waals surface area (Å²) in [6, 6.07) is 8.62. The Balaban J connectivity index is 1.89. The Morgan fingerprint density at radius 2 is 2.05 bits per heavy atom. The number of rotatable bonds is 3. The molecule has 0 fully saturated rings. The zero-order valence-electron chi connectivity index (χ0n) is 11.2. The average molecular weight is 333 g/mol. The predicted octanol–water partition coefficient (Wildman–Crippen LogP) is 4.09. The van der Waals surface area contributed by atoms with Crippen LogP contribution in [0.25, 0.3) is 10.9 Å². The first-order valence-electron chi connectivity index (χ1n) is 6.32. The van der Waals surface area contributed by atoms with Crippen molar-refractivity contribution in [1.29, 1.82) is 0 Å². The molecule has 0 saturated carbocycles. The number of aromatic hydroxyl groups is 1. The molecule has 0 unspecified atom stereocenters. The van der Waals surface area contributed by atoms with Gasteiger partial charge in [-0.25, -0.2) is 4.98 Å². The highest BCUT2D eigenvalue weighted by atomic mass is 35.5. The van der Waals surface area contributed by atoms with E-state index in [0.717, 1.165) is 5.56 Å². The van der Waals surface area contributed by atoms with E-state index in [0.29, 0.717) is 21.7 Å². The third-order valence-electron chi connectivity index (χ3n) is 2.93. The number of hydrogen-bond acceptors (Lipinski definition) is 5. The van der Waals surface area contributed by atoms with E-state index in [1.807, 2.05) is 12.1 Å². The molecule has 0 aliphatic rings. The standard InChI is InChI=1S/C15H10Cl2N4O/c16-11-6-12(17)15(22)14-10(11)3-4-13(20-14)21-19-8-9-2-1-5-18-7-9/h1-8,22H,(H,20,21). The van der Waals surface area contributed by atoms with Crippen molar-refractivity contribution in [2.75, 3.05) is 5.43 Å². The van der Waals surface area contributed by atoms with Crippen molar-refractivity contribution in [3.05, 3.63) is 58.3 Å². The first-order chi connectivity index (χ1) is 10.6. The number of hydrazone groups is 1. The summed E-state index contributed by atoms with van der Waals surface area (Å²) in [5.74, 6) is 0.349. The fourth-order valence-electron chi connectivity index (χ4n) is 1.89. The largest absolute Gasteiger partial charge is 0.504 e. The van der Waals surface area contributed by atoms with E-state index in [1.165, 1.54) is 6.07 Å². The van der Waals surface area contributed by atoms with Crippen LogP contribution in [0.3, 0.4) is 0 Å². The Morgan fingerprint density at radius 3 is 2.82 bits per heavy atom. The van der Waals surface area contributed by atoms with Crippen LogP contribution in [0.1, 0.15) is 5.56 Å². The summed E-state index contributed by atoms with van der Waals surface area (Å²) in [4.78, 5) is 8.25. The summed E-state index contributed by atoms with van der Waals surface area (Å²) in [6.45, 7) is 0. The Hall–Kier alpha value is -2.37. The van der Waals surface area contributed by atoms with Crippen LogP contribution in [0.15, 0.2) is 47.8 Å². The van der Waals surface area contributed by atoms with Gasteiger partial charge in [-0.15, -0.1) is 0 Å². The summed E-state index contributed by atoms with van der Waals surface area (Å²) >= 11 is 12.0. The molecule has 110 valence electrons. The van der Waals surface area contributed by atoms with Gasteiger partial charge in [0.1, 0.15) is 11.3 Å². The maximum Gasteiger partial charge on any atom is 0.160 e. The van der Waals surface area contributed by atoms with Gasteiger partial charge in [-0.1, -0.05) is 29.3 Å². The number of fused-ring (bicyclic) bond motifs is 1. The highest BCUT2D eigenvalue weighted by Crippen LogP contribution is 2.36. The Morgan fingerprint density at radius 1 is 1.18 bits per heavy atom. The smallest absolute Gasteiger partial charge is 0.160 e. The van der Waals surface area contributed by atoms with Crippen molar-refractivity contribution < 1.29 is 5.11 Å². The van der Waals surface area contributed by atoms with Gasteiger partial charge in [0.2, 0.25) is 0 Å². The molecule has 0 bridgehead atoms. The normalized spacial score (nSPS) is 11.2. The number of phenols is 1. The Kier molecular flexibility index (Phi) is 4.09. The number of nitrogens with one attached hydrogen (secondary N) is 1. The molecule has 0 aliphatic carbocycles. The second-order valence-electron chi connectivity index (χ2n) is 4.44. The number of aromatic nitrogens is 2. The minimum atomic E-state index is -0.110. The van der Waals surface area contributed by atoms with E-state index in [-0.39, 0.29) is 10.8 Å². The Labute approximate surface area is 136 Å². The lowest BCUT2D eigenvalue weighted by Crippen LogP contribution is -1.94. The van der Waals surface area contributed by atoms with Gasteiger partial charge in [0.15, 0.2) is 5.75 Å². The van der Waals surface area contributed by atoms with Gasteiger partial charge in [-0.2, -0.15) is 5.10 Å². The quantitative estimate of drug-likeness (QED) is 0.559. The number of pyridine rings is 2. The predicted molar refractivity (Wildman–Crippen MR) is 88.9 cm³/mol. The van der Waals surface area contributed by atoms with Crippen molar-refractivity contribution in [3.8, 4) is 5.75 Å². The first-order valence-corrected chi connectivity index (χ1v) is 7.07. The maximum absolute atomic E-state index is 9.98. The van der Waals surface area contributed by atoms with Crippen LogP contribution in [0, 0.1) is 0 Å². The molecule has 0 spiro atoms. The highest BCUT2D eigenvalue weighted by Gasteiger charge is 2.11. The topological polar surface area (TPSA) is 70.4 Å². The number of benzene rings is 1. The van der Waals surface area contributed by atoms with E-state index in [2.05, 4.69) is 20.5 Å². The minimum Gasteiger partial charge on any atom is -0.504 e. The van der Waals surface area contributed by atoms with Crippen LogP contribution in [0.2, 0.25) is 10.0 Å². The number of nitrogens with zero attached hydrogens (tertiary/aromatic N) is 3. The molecular formula is C15H10Cl2N4O. The third-order valence-corrected chi connectivity index (χ3v) is 3.53. The van der Waals surface area contributed by atoms with Gasteiger partial charge in [0.05, 0.1) is 16.3 Å². The third kappa shape index (κ3) is 2.95. The maximum atomic E-state index is 9.98. The van der Waals surface area contributed by atoms with E-state index in [1.54, 1.807) is 30.7 Å². The zero-order chi connectivity index (χ0) is 15.5. The van der Waals surface area contributed by atoms with Crippen LogP contribution >= 0.6 is 23.2 Å². The molecule has 2 heterocycles. The molecule has 0 atom stereocenters. The first kappa shape index (κ1) is 14.6. The van der Waals surface area contributed by atoms with E-state index < -0.39 is 0 Å². The molecule has 0 radical (unpaired) electrons. The highest BCUT2D eigenvalue weighted by molar-refractivity contribution is 6.39. The van der Waals surface area contributed by atoms with Crippen molar-refractivity contribution in [2.24, 2.45) is 5.10 Å². The van der Waals surface area contributed by atoms with Crippen LogP contribution in [0.5, 0.6) is 5.75 Å². The van der Waals surface area contributed by atoms with E-state index in [9.17, 15) is 5.11 Å². The van der Waals surface area contributed by atoms with E-state index in [4.69, 9.17) is 23.2 Å². The molecule has 2 N–H and O–H groups in total. The molecule has 3 aromatic rings. The lowest BCUT2D eigenvalue weighted by atomic mass is 10.2. The van der Waals surface area contributed by atoms with Crippen LogP contribution in [-0.4, -0.2) is 21.3 Å². The number of phenolic OH excluding ortho intramolecular Hbond substituents is 1. The van der Waals surface area contributed by atoms with Crippen molar-refractivity contribution in [1.82, 2.24) is 9.97 Å². The minimum absolute atomic E-state index is 0.110. The molecule has 22 heavy (non-hydrogen) atoms. The summed E-state index contributed by atoms with van der Waals surface area (Å²) in [5, 5.41) is 15.2. The monoisotopic (exact) mass is 332 g/mol. The molecular weight excluding hydrogens is 323 g/mol. The van der Waals surface area contributed by atoms with Gasteiger partial charge in [0.25, 0.3) is 0 Å². The summed E-state index contributed by atoms with van der Waals surface area (Å²) in [6.07, 6.45) is 4.99. The second-order valence-corrected chi connectivity index (χ2v) is 5.25. The van der Waals surface area contributed by atoms with Crippen LogP contribution < -0.4 is 5.43 Å². The molecule has 3 rings (SSSR count). The lowest BCUT2D eigenvalue weighted by Gasteiger charge is -2.06. The lowest BCUT2D eigenvalue weighted by molar-refractivity contribution is 0.480. The van der Waals surface area contributed by atoms with Gasteiger partial charge in [0, 0.05) is 23.3 Å². The van der Waals surface area contributed by atoms with Crippen LogP contribution in [0.4, 0.5) is 5.82 Å². The molecule has 0 aliphatic heterocycles. The summed E-state index contributed by atoms with van der Waals surface area (Å²) in [5.41, 5.74) is 3.95. The van der Waals surface area contributed by atoms with Crippen molar-refractivity contribution in [3.63, 3.8) is 0 Å². The molecule has 2 aromatic heterocycles. The van der Waals surface area contributed by atoms with Crippen molar-refractivity contribution >= 4 is 46.1 Å². The average Bonchev–Trinajstić information content (AvgIpc) is 2.54. The van der Waals surface area contributed by atoms with Gasteiger partial charge >= 0.3 is 0 Å². The molecule has 5 nitrogen and oxygen atoms in total. The van der Waals surface area contributed by atoms with E-state index >= 15 is 0 Å². The number of halogens is 2. The van der Waals surface area contributed by atoms with Crippen molar-refractivity contribution in [2.45, 2.75) is 0 Å². The van der Waals surface area contributed by atoms with Gasteiger partial charge < -0.3 is 5.11 Å². The molecule has 7 heteroatoms. The van der Waals surface area contributed by atoms with Gasteiger partial charge in [-0.3, -0.25) is 10.4 Å². The SMILES string of the molecule is Oc1c(Cl)cc(Cl)c2ccc(NN=Cc3cccnc3)nc12. The fourth-order valence-corrected chi connectivity index (χ4v) is 2.41. The summed E-state index contributed by atoms with van der Waals surface area (Å²) < 4.78 is 0. The molecule has 1 aromatic carbocycles.